The first-order valence-electron chi connectivity index (χ1n) is 6.43. The van der Waals surface area contributed by atoms with Crippen LogP contribution >= 0.6 is 12.4 Å². The summed E-state index contributed by atoms with van der Waals surface area (Å²) in [6.45, 7) is 3.15. The third-order valence-corrected chi connectivity index (χ3v) is 3.55. The van der Waals surface area contributed by atoms with Gasteiger partial charge < -0.3 is 9.84 Å². The molecule has 1 saturated heterocycles. The van der Waals surface area contributed by atoms with Crippen LogP contribution in [0.3, 0.4) is 0 Å². The molecule has 1 aliphatic heterocycles. The first-order valence-corrected chi connectivity index (χ1v) is 6.43. The molecular formula is C14H18ClN3O. The molecule has 5 heteroatoms. The van der Waals surface area contributed by atoms with Crippen LogP contribution in [0, 0.1) is 0 Å². The third kappa shape index (κ3) is 2.80. The van der Waals surface area contributed by atoms with E-state index in [0.29, 0.717) is 11.7 Å². The topological polar surface area (TPSA) is 51.0 Å². The Bertz CT molecular complexity index is 520. The van der Waals surface area contributed by atoms with Crippen LogP contribution in [0.1, 0.15) is 32.1 Å². The summed E-state index contributed by atoms with van der Waals surface area (Å²) >= 11 is 0. The van der Waals surface area contributed by atoms with Crippen molar-refractivity contribution in [1.29, 1.82) is 0 Å². The number of aromatic nitrogens is 2. The van der Waals surface area contributed by atoms with Gasteiger partial charge in [-0.25, -0.2) is 0 Å². The van der Waals surface area contributed by atoms with Crippen molar-refractivity contribution >= 4 is 12.4 Å². The van der Waals surface area contributed by atoms with E-state index in [-0.39, 0.29) is 17.9 Å². The summed E-state index contributed by atoms with van der Waals surface area (Å²) in [6, 6.07) is 9.92. The Morgan fingerprint density at radius 3 is 2.68 bits per heavy atom. The lowest BCUT2D eigenvalue weighted by atomic mass is 9.91. The average Bonchev–Trinajstić information content (AvgIpc) is 2.91. The van der Waals surface area contributed by atoms with Gasteiger partial charge in [-0.2, -0.15) is 4.98 Å². The Morgan fingerprint density at radius 2 is 2.00 bits per heavy atom. The standard InChI is InChI=1S/C14H17N3O.ClH/c1-14(9-5-6-10-15-14)13-16-12(17-18-13)11-7-3-2-4-8-11;/h2-4,7-8,15H,5-6,9-10H2,1H3;1H. The molecule has 1 N–H and O–H groups in total. The fourth-order valence-electron chi connectivity index (χ4n) is 2.39. The number of hydrogen-bond acceptors (Lipinski definition) is 4. The molecule has 1 atom stereocenters. The first kappa shape index (κ1) is 14.0. The van der Waals surface area contributed by atoms with Crippen LogP contribution in [0.2, 0.25) is 0 Å². The molecule has 0 bridgehead atoms. The molecule has 1 aliphatic rings. The molecule has 2 heterocycles. The van der Waals surface area contributed by atoms with Gasteiger partial charge in [0.2, 0.25) is 11.7 Å². The highest BCUT2D eigenvalue weighted by Crippen LogP contribution is 2.29. The number of nitrogens with zero attached hydrogens (tertiary/aromatic N) is 2. The Morgan fingerprint density at radius 1 is 1.21 bits per heavy atom. The second kappa shape index (κ2) is 5.72. The summed E-state index contributed by atoms with van der Waals surface area (Å²) in [5, 5.41) is 7.56. The molecule has 102 valence electrons. The lowest BCUT2D eigenvalue weighted by Gasteiger charge is -2.31. The van der Waals surface area contributed by atoms with E-state index in [1.807, 2.05) is 30.3 Å². The Balaban J connectivity index is 0.00000133. The predicted octanol–water partition coefficient (Wildman–Crippen LogP) is 3.15. The van der Waals surface area contributed by atoms with Crippen molar-refractivity contribution in [3.63, 3.8) is 0 Å². The van der Waals surface area contributed by atoms with E-state index in [0.717, 1.165) is 18.5 Å². The van der Waals surface area contributed by atoms with Crippen molar-refractivity contribution < 1.29 is 4.52 Å². The van der Waals surface area contributed by atoms with E-state index in [1.165, 1.54) is 12.8 Å². The molecule has 0 saturated carbocycles. The molecule has 3 rings (SSSR count). The number of nitrogens with one attached hydrogen (secondary N) is 1. The number of piperidine rings is 1. The first-order chi connectivity index (χ1) is 8.78. The summed E-state index contributed by atoms with van der Waals surface area (Å²) in [4.78, 5) is 4.54. The number of rotatable bonds is 2. The highest BCUT2D eigenvalue weighted by molar-refractivity contribution is 5.85. The molecule has 1 aromatic heterocycles. The van der Waals surface area contributed by atoms with Gasteiger partial charge >= 0.3 is 0 Å². The van der Waals surface area contributed by atoms with E-state index < -0.39 is 0 Å². The summed E-state index contributed by atoms with van der Waals surface area (Å²) in [7, 11) is 0. The Kier molecular flexibility index (Phi) is 4.22. The van der Waals surface area contributed by atoms with E-state index in [2.05, 4.69) is 22.4 Å². The molecule has 0 spiro atoms. The maximum Gasteiger partial charge on any atom is 0.246 e. The van der Waals surface area contributed by atoms with Gasteiger partial charge in [0.15, 0.2) is 0 Å². The summed E-state index contributed by atoms with van der Waals surface area (Å²) in [5.74, 6) is 1.36. The van der Waals surface area contributed by atoms with E-state index in [4.69, 9.17) is 4.52 Å². The number of benzene rings is 1. The SMILES string of the molecule is CC1(c2nc(-c3ccccc3)no2)CCCCN1.Cl. The number of halogens is 1. The van der Waals surface area contributed by atoms with Gasteiger partial charge in [0.1, 0.15) is 0 Å². The fourth-order valence-corrected chi connectivity index (χ4v) is 2.39. The van der Waals surface area contributed by atoms with Crippen LogP contribution in [0.25, 0.3) is 11.4 Å². The smallest absolute Gasteiger partial charge is 0.246 e. The molecule has 0 aliphatic carbocycles. The van der Waals surface area contributed by atoms with Gasteiger partial charge in [-0.05, 0) is 32.7 Å². The molecule has 2 aromatic rings. The molecule has 1 unspecified atom stereocenters. The summed E-state index contributed by atoms with van der Waals surface area (Å²) < 4.78 is 5.44. The Hall–Kier alpha value is -1.39. The van der Waals surface area contributed by atoms with Gasteiger partial charge in [0.25, 0.3) is 0 Å². The minimum atomic E-state index is -0.168. The molecule has 1 aromatic carbocycles. The zero-order valence-corrected chi connectivity index (χ0v) is 11.7. The molecule has 0 radical (unpaired) electrons. The van der Waals surface area contributed by atoms with Gasteiger partial charge in [0, 0.05) is 5.56 Å². The van der Waals surface area contributed by atoms with Crippen LogP contribution in [0.4, 0.5) is 0 Å². The molecule has 1 fully saturated rings. The second-order valence-corrected chi connectivity index (χ2v) is 5.01. The summed E-state index contributed by atoms with van der Waals surface area (Å²) in [5.41, 5.74) is 0.824. The van der Waals surface area contributed by atoms with E-state index in [1.54, 1.807) is 0 Å². The minimum Gasteiger partial charge on any atom is -0.337 e. The minimum absolute atomic E-state index is 0. The van der Waals surface area contributed by atoms with Crippen LogP contribution in [0.5, 0.6) is 0 Å². The Labute approximate surface area is 119 Å². The highest BCUT2D eigenvalue weighted by Gasteiger charge is 2.34. The average molecular weight is 280 g/mol. The molecule has 4 nitrogen and oxygen atoms in total. The van der Waals surface area contributed by atoms with Gasteiger partial charge in [0.05, 0.1) is 5.54 Å². The van der Waals surface area contributed by atoms with Crippen molar-refractivity contribution in [2.75, 3.05) is 6.54 Å². The van der Waals surface area contributed by atoms with Crippen LogP contribution in [-0.4, -0.2) is 16.7 Å². The van der Waals surface area contributed by atoms with Crippen molar-refractivity contribution in [3.05, 3.63) is 36.2 Å². The van der Waals surface area contributed by atoms with Crippen LogP contribution in [-0.2, 0) is 5.54 Å². The normalized spacial score (nSPS) is 22.8. The van der Waals surface area contributed by atoms with E-state index in [9.17, 15) is 0 Å². The monoisotopic (exact) mass is 279 g/mol. The van der Waals surface area contributed by atoms with Gasteiger partial charge in [-0.15, -0.1) is 12.4 Å². The van der Waals surface area contributed by atoms with Crippen molar-refractivity contribution in [3.8, 4) is 11.4 Å². The van der Waals surface area contributed by atoms with Crippen molar-refractivity contribution in [2.24, 2.45) is 0 Å². The third-order valence-electron chi connectivity index (χ3n) is 3.55. The van der Waals surface area contributed by atoms with Gasteiger partial charge in [-0.1, -0.05) is 35.5 Å². The maximum absolute atomic E-state index is 5.44. The number of hydrogen-bond donors (Lipinski definition) is 1. The quantitative estimate of drug-likeness (QED) is 0.917. The largest absolute Gasteiger partial charge is 0.337 e. The van der Waals surface area contributed by atoms with Crippen molar-refractivity contribution in [1.82, 2.24) is 15.5 Å². The molecule has 19 heavy (non-hydrogen) atoms. The lowest BCUT2D eigenvalue weighted by Crippen LogP contribution is -2.43. The van der Waals surface area contributed by atoms with E-state index >= 15 is 0 Å². The maximum atomic E-state index is 5.44. The predicted molar refractivity (Wildman–Crippen MR) is 76.2 cm³/mol. The lowest BCUT2D eigenvalue weighted by molar-refractivity contribution is 0.207. The summed E-state index contributed by atoms with van der Waals surface area (Å²) in [6.07, 6.45) is 3.46. The zero-order chi connectivity index (χ0) is 12.4. The van der Waals surface area contributed by atoms with Crippen LogP contribution in [0.15, 0.2) is 34.9 Å². The van der Waals surface area contributed by atoms with Gasteiger partial charge in [-0.3, -0.25) is 0 Å². The fraction of sp³-hybridized carbons (Fsp3) is 0.429. The molecule has 0 amide bonds. The zero-order valence-electron chi connectivity index (χ0n) is 10.9. The second-order valence-electron chi connectivity index (χ2n) is 5.01. The van der Waals surface area contributed by atoms with Crippen LogP contribution < -0.4 is 5.32 Å². The highest BCUT2D eigenvalue weighted by atomic mass is 35.5. The molecular weight excluding hydrogens is 262 g/mol. The van der Waals surface area contributed by atoms with Crippen molar-refractivity contribution in [2.45, 2.75) is 31.7 Å².